The molecule has 152 valence electrons. The van der Waals surface area contributed by atoms with Crippen LogP contribution in [0.5, 0.6) is 0 Å². The van der Waals surface area contributed by atoms with Crippen LogP contribution < -0.4 is 5.32 Å². The Hall–Kier alpha value is -3.13. The summed E-state index contributed by atoms with van der Waals surface area (Å²) in [7, 11) is 3.42. The number of pyridine rings is 1. The Kier molecular flexibility index (Phi) is 6.33. The van der Waals surface area contributed by atoms with Crippen LogP contribution in [0, 0.1) is 11.6 Å². The van der Waals surface area contributed by atoms with Gasteiger partial charge in [-0.1, -0.05) is 19.1 Å². The van der Waals surface area contributed by atoms with Crippen molar-refractivity contribution in [1.29, 1.82) is 0 Å². The van der Waals surface area contributed by atoms with Crippen molar-refractivity contribution in [3.63, 3.8) is 0 Å². The third-order valence-corrected chi connectivity index (χ3v) is 4.73. The van der Waals surface area contributed by atoms with Gasteiger partial charge in [0, 0.05) is 18.3 Å². The van der Waals surface area contributed by atoms with Gasteiger partial charge in [-0.25, -0.2) is 18.4 Å². The lowest BCUT2D eigenvalue weighted by Crippen LogP contribution is -2.35. The van der Waals surface area contributed by atoms with Crippen LogP contribution in [0.3, 0.4) is 0 Å². The molecule has 0 aliphatic heterocycles. The SMILES string of the molecule is CCc1c(C(=O)NCC(c2c(F)cccc2F)N(C)C)cnn1-c1ccccn1. The van der Waals surface area contributed by atoms with Crippen LogP contribution in [0.15, 0.2) is 48.8 Å². The van der Waals surface area contributed by atoms with E-state index in [4.69, 9.17) is 0 Å². The van der Waals surface area contributed by atoms with Crippen LogP contribution in [0.4, 0.5) is 8.78 Å². The van der Waals surface area contributed by atoms with E-state index in [0.717, 1.165) is 0 Å². The van der Waals surface area contributed by atoms with E-state index in [9.17, 15) is 13.6 Å². The van der Waals surface area contributed by atoms with Crippen molar-refractivity contribution < 1.29 is 13.6 Å². The first kappa shape index (κ1) is 20.6. The summed E-state index contributed by atoms with van der Waals surface area (Å²) in [6.45, 7) is 1.96. The summed E-state index contributed by atoms with van der Waals surface area (Å²) in [6.07, 6.45) is 3.70. The van der Waals surface area contributed by atoms with Crippen LogP contribution in [0.2, 0.25) is 0 Å². The number of amides is 1. The fourth-order valence-electron chi connectivity index (χ4n) is 3.24. The maximum Gasteiger partial charge on any atom is 0.254 e. The number of aromatic nitrogens is 3. The first-order valence-electron chi connectivity index (χ1n) is 9.30. The molecule has 0 aliphatic rings. The number of hydrogen-bond acceptors (Lipinski definition) is 4. The number of carbonyl (C=O) groups is 1. The van der Waals surface area contributed by atoms with Gasteiger partial charge in [-0.15, -0.1) is 0 Å². The van der Waals surface area contributed by atoms with E-state index in [1.54, 1.807) is 42.0 Å². The van der Waals surface area contributed by atoms with E-state index in [0.29, 0.717) is 23.5 Å². The second-order valence-electron chi connectivity index (χ2n) is 6.78. The highest BCUT2D eigenvalue weighted by atomic mass is 19.1. The van der Waals surface area contributed by atoms with Gasteiger partial charge in [0.15, 0.2) is 5.82 Å². The normalized spacial score (nSPS) is 12.2. The fourth-order valence-corrected chi connectivity index (χ4v) is 3.24. The van der Waals surface area contributed by atoms with Gasteiger partial charge in [-0.2, -0.15) is 5.10 Å². The highest BCUT2D eigenvalue weighted by molar-refractivity contribution is 5.95. The molecule has 0 saturated heterocycles. The lowest BCUT2D eigenvalue weighted by Gasteiger charge is -2.25. The number of rotatable bonds is 7. The molecule has 1 atom stereocenters. The van der Waals surface area contributed by atoms with Crippen molar-refractivity contribution in [3.05, 3.63) is 77.2 Å². The van der Waals surface area contributed by atoms with Crippen LogP contribution >= 0.6 is 0 Å². The third kappa shape index (κ3) is 4.32. The van der Waals surface area contributed by atoms with Crippen molar-refractivity contribution in [3.8, 4) is 5.82 Å². The van der Waals surface area contributed by atoms with Gasteiger partial charge < -0.3 is 10.2 Å². The smallest absolute Gasteiger partial charge is 0.254 e. The zero-order valence-electron chi connectivity index (χ0n) is 16.6. The van der Waals surface area contributed by atoms with Gasteiger partial charge in [-0.3, -0.25) is 4.79 Å². The molecule has 0 aliphatic carbocycles. The predicted molar refractivity (Wildman–Crippen MR) is 106 cm³/mol. The molecule has 3 rings (SSSR count). The standard InChI is InChI=1S/C21H23F2N5O/c1-4-17-14(12-26-28(17)19-10-5-6-11-24-19)21(29)25-13-18(27(2)3)20-15(22)8-7-9-16(20)23/h5-12,18H,4,13H2,1-3H3,(H,25,29). The Labute approximate surface area is 168 Å². The monoisotopic (exact) mass is 399 g/mol. The zero-order chi connectivity index (χ0) is 21.0. The topological polar surface area (TPSA) is 63.1 Å². The molecule has 6 nitrogen and oxygen atoms in total. The highest BCUT2D eigenvalue weighted by Gasteiger charge is 2.24. The quantitative estimate of drug-likeness (QED) is 0.663. The number of nitrogens with zero attached hydrogens (tertiary/aromatic N) is 4. The average molecular weight is 399 g/mol. The van der Waals surface area contributed by atoms with E-state index < -0.39 is 17.7 Å². The minimum absolute atomic E-state index is 0.0433. The summed E-state index contributed by atoms with van der Waals surface area (Å²) in [5, 5.41) is 7.07. The average Bonchev–Trinajstić information content (AvgIpc) is 3.14. The highest BCUT2D eigenvalue weighted by Crippen LogP contribution is 2.24. The molecule has 2 heterocycles. The van der Waals surface area contributed by atoms with Gasteiger partial charge in [0.25, 0.3) is 5.91 Å². The molecule has 0 saturated carbocycles. The third-order valence-electron chi connectivity index (χ3n) is 4.73. The molecule has 1 amide bonds. The minimum Gasteiger partial charge on any atom is -0.350 e. The second-order valence-corrected chi connectivity index (χ2v) is 6.78. The maximum atomic E-state index is 14.2. The molecule has 0 spiro atoms. The lowest BCUT2D eigenvalue weighted by atomic mass is 10.0. The number of hydrogen-bond donors (Lipinski definition) is 1. The number of halogens is 2. The van der Waals surface area contributed by atoms with Crippen molar-refractivity contribution in [2.24, 2.45) is 0 Å². The van der Waals surface area contributed by atoms with Gasteiger partial charge in [0.05, 0.1) is 23.5 Å². The Balaban J connectivity index is 1.82. The molecule has 29 heavy (non-hydrogen) atoms. The minimum atomic E-state index is -0.656. The Morgan fingerprint density at radius 3 is 2.48 bits per heavy atom. The molecule has 2 aromatic heterocycles. The second kappa shape index (κ2) is 8.91. The van der Waals surface area contributed by atoms with Gasteiger partial charge >= 0.3 is 0 Å². The molecular formula is C21H23F2N5O. The molecule has 0 fully saturated rings. The number of carbonyl (C=O) groups excluding carboxylic acids is 1. The molecule has 1 unspecified atom stereocenters. The zero-order valence-corrected chi connectivity index (χ0v) is 16.6. The largest absolute Gasteiger partial charge is 0.350 e. The lowest BCUT2D eigenvalue weighted by molar-refractivity contribution is 0.0939. The summed E-state index contributed by atoms with van der Waals surface area (Å²) in [4.78, 5) is 18.7. The summed E-state index contributed by atoms with van der Waals surface area (Å²) < 4.78 is 30.1. The fraction of sp³-hybridized carbons (Fsp3) is 0.286. The van der Waals surface area contributed by atoms with E-state index >= 15 is 0 Å². The molecule has 1 N–H and O–H groups in total. The van der Waals surface area contributed by atoms with E-state index in [-0.39, 0.29) is 18.0 Å². The maximum absolute atomic E-state index is 14.2. The van der Waals surface area contributed by atoms with Crippen LogP contribution in [0.25, 0.3) is 5.82 Å². The van der Waals surface area contributed by atoms with E-state index in [2.05, 4.69) is 15.4 Å². The van der Waals surface area contributed by atoms with E-state index in [1.807, 2.05) is 13.0 Å². The summed E-state index contributed by atoms with van der Waals surface area (Å²) in [6, 6.07) is 8.53. The summed E-state index contributed by atoms with van der Waals surface area (Å²) >= 11 is 0. The number of benzene rings is 1. The molecule has 1 aromatic carbocycles. The molecule has 8 heteroatoms. The van der Waals surface area contributed by atoms with Gasteiger partial charge in [0.2, 0.25) is 0 Å². The molecule has 3 aromatic rings. The first-order valence-corrected chi connectivity index (χ1v) is 9.30. The van der Waals surface area contributed by atoms with Crippen LogP contribution in [-0.2, 0) is 6.42 Å². The van der Waals surface area contributed by atoms with Gasteiger partial charge in [0.1, 0.15) is 11.6 Å². The Bertz CT molecular complexity index is 968. The number of nitrogens with one attached hydrogen (secondary N) is 1. The van der Waals surface area contributed by atoms with Gasteiger partial charge in [-0.05, 0) is 44.8 Å². The van der Waals surface area contributed by atoms with Crippen molar-refractivity contribution in [1.82, 2.24) is 25.0 Å². The predicted octanol–water partition coefficient (Wildman–Crippen LogP) is 3.14. The first-order chi connectivity index (χ1) is 13.9. The summed E-state index contributed by atoms with van der Waals surface area (Å²) in [5.74, 6) is -1.03. The Morgan fingerprint density at radius 1 is 1.17 bits per heavy atom. The number of likely N-dealkylation sites (N-methyl/N-ethyl adjacent to an activating group) is 1. The Morgan fingerprint density at radius 2 is 1.90 bits per heavy atom. The van der Waals surface area contributed by atoms with Crippen molar-refractivity contribution in [2.45, 2.75) is 19.4 Å². The van der Waals surface area contributed by atoms with Crippen LogP contribution in [-0.4, -0.2) is 46.2 Å². The van der Waals surface area contributed by atoms with Crippen molar-refractivity contribution >= 4 is 5.91 Å². The van der Waals surface area contributed by atoms with Crippen molar-refractivity contribution in [2.75, 3.05) is 20.6 Å². The van der Waals surface area contributed by atoms with E-state index in [1.165, 1.54) is 24.4 Å². The summed E-state index contributed by atoms with van der Waals surface area (Å²) in [5.41, 5.74) is 1.04. The molecule has 0 bridgehead atoms. The van der Waals surface area contributed by atoms with Crippen LogP contribution in [0.1, 0.15) is 34.6 Å². The molecular weight excluding hydrogens is 376 g/mol. The molecule has 0 radical (unpaired) electrons.